The second-order valence-corrected chi connectivity index (χ2v) is 6.05. The normalized spacial score (nSPS) is 19.5. The predicted molar refractivity (Wildman–Crippen MR) is 111 cm³/mol. The highest BCUT2D eigenvalue weighted by molar-refractivity contribution is 14.0. The van der Waals surface area contributed by atoms with Crippen LogP contribution in [-0.2, 0) is 6.54 Å². The highest BCUT2D eigenvalue weighted by atomic mass is 127. The minimum absolute atomic E-state index is 0. The number of nitrogens with zero attached hydrogens (tertiary/aromatic N) is 3. The second kappa shape index (κ2) is 10.7. The lowest BCUT2D eigenvalue weighted by Gasteiger charge is -2.37. The maximum atomic E-state index is 5.25. The SMILES string of the molecule is CN=C(NCc1cccc(OC)c1)NCC1CN(C)CCN1C.I. The van der Waals surface area contributed by atoms with Gasteiger partial charge in [-0.05, 0) is 31.8 Å². The minimum Gasteiger partial charge on any atom is -0.497 e. The Hall–Kier alpha value is -1.06. The summed E-state index contributed by atoms with van der Waals surface area (Å²) in [6, 6.07) is 8.56. The van der Waals surface area contributed by atoms with E-state index in [9.17, 15) is 0 Å². The summed E-state index contributed by atoms with van der Waals surface area (Å²) in [5.74, 6) is 1.70. The van der Waals surface area contributed by atoms with Gasteiger partial charge in [0.05, 0.1) is 7.11 Å². The first-order valence-electron chi connectivity index (χ1n) is 8.08. The Morgan fingerprint density at radius 2 is 2.08 bits per heavy atom. The van der Waals surface area contributed by atoms with Gasteiger partial charge in [0, 0.05) is 45.8 Å². The van der Waals surface area contributed by atoms with Crippen molar-refractivity contribution in [2.45, 2.75) is 12.6 Å². The van der Waals surface area contributed by atoms with Gasteiger partial charge in [-0.15, -0.1) is 24.0 Å². The molecule has 1 aromatic carbocycles. The van der Waals surface area contributed by atoms with Crippen LogP contribution < -0.4 is 15.4 Å². The van der Waals surface area contributed by atoms with Crippen molar-refractivity contribution in [3.05, 3.63) is 29.8 Å². The third-order valence-electron chi connectivity index (χ3n) is 4.30. The quantitative estimate of drug-likeness (QED) is 0.404. The number of rotatable bonds is 5. The molecule has 1 fully saturated rings. The zero-order chi connectivity index (χ0) is 16.7. The molecule has 0 aromatic heterocycles. The van der Waals surface area contributed by atoms with E-state index < -0.39 is 0 Å². The Labute approximate surface area is 162 Å². The number of benzene rings is 1. The van der Waals surface area contributed by atoms with Crippen LogP contribution in [0.1, 0.15) is 5.56 Å². The summed E-state index contributed by atoms with van der Waals surface area (Å²) >= 11 is 0. The van der Waals surface area contributed by atoms with Gasteiger partial charge in [-0.25, -0.2) is 0 Å². The third kappa shape index (κ3) is 6.45. The molecule has 1 heterocycles. The van der Waals surface area contributed by atoms with Gasteiger partial charge in [0.25, 0.3) is 0 Å². The van der Waals surface area contributed by atoms with Crippen molar-refractivity contribution in [1.82, 2.24) is 20.4 Å². The molecule has 1 atom stereocenters. The van der Waals surface area contributed by atoms with Gasteiger partial charge in [0.2, 0.25) is 0 Å². The number of piperazine rings is 1. The van der Waals surface area contributed by atoms with Gasteiger partial charge in [0.15, 0.2) is 5.96 Å². The molecule has 0 aliphatic carbocycles. The number of ether oxygens (including phenoxy) is 1. The van der Waals surface area contributed by atoms with E-state index in [2.05, 4.69) is 45.6 Å². The lowest BCUT2D eigenvalue weighted by molar-refractivity contribution is 0.116. The summed E-state index contributed by atoms with van der Waals surface area (Å²) in [5, 5.41) is 6.78. The zero-order valence-corrected chi connectivity index (χ0v) is 17.4. The Morgan fingerprint density at radius 3 is 2.79 bits per heavy atom. The summed E-state index contributed by atoms with van der Waals surface area (Å²) in [6.45, 7) is 4.93. The van der Waals surface area contributed by atoms with Crippen molar-refractivity contribution in [3.63, 3.8) is 0 Å². The molecule has 136 valence electrons. The van der Waals surface area contributed by atoms with E-state index in [0.717, 1.165) is 44.4 Å². The van der Waals surface area contributed by atoms with Crippen molar-refractivity contribution in [2.75, 3.05) is 54.4 Å². The number of guanidine groups is 1. The molecular weight excluding hydrogens is 417 g/mol. The fourth-order valence-corrected chi connectivity index (χ4v) is 2.73. The molecule has 0 radical (unpaired) electrons. The highest BCUT2D eigenvalue weighted by Gasteiger charge is 2.21. The van der Waals surface area contributed by atoms with Crippen LogP contribution in [0.5, 0.6) is 5.75 Å². The molecule has 2 N–H and O–H groups in total. The van der Waals surface area contributed by atoms with E-state index in [1.807, 2.05) is 18.2 Å². The maximum Gasteiger partial charge on any atom is 0.191 e. The Morgan fingerprint density at radius 1 is 1.29 bits per heavy atom. The highest BCUT2D eigenvalue weighted by Crippen LogP contribution is 2.12. The number of likely N-dealkylation sites (N-methyl/N-ethyl adjacent to an activating group) is 2. The van der Waals surface area contributed by atoms with Crippen LogP contribution in [0.25, 0.3) is 0 Å². The van der Waals surface area contributed by atoms with Gasteiger partial charge in [-0.3, -0.25) is 9.89 Å². The van der Waals surface area contributed by atoms with Gasteiger partial charge in [-0.2, -0.15) is 0 Å². The average molecular weight is 447 g/mol. The second-order valence-electron chi connectivity index (χ2n) is 6.05. The van der Waals surface area contributed by atoms with Crippen molar-refractivity contribution in [2.24, 2.45) is 4.99 Å². The Balaban J connectivity index is 0.00000288. The van der Waals surface area contributed by atoms with E-state index in [1.165, 1.54) is 5.56 Å². The van der Waals surface area contributed by atoms with Crippen LogP contribution >= 0.6 is 24.0 Å². The van der Waals surface area contributed by atoms with Gasteiger partial charge >= 0.3 is 0 Å². The minimum atomic E-state index is 0. The first kappa shape index (κ1) is 21.0. The van der Waals surface area contributed by atoms with Crippen molar-refractivity contribution in [1.29, 1.82) is 0 Å². The molecule has 7 heteroatoms. The molecule has 6 nitrogen and oxygen atoms in total. The lowest BCUT2D eigenvalue weighted by atomic mass is 10.2. The molecule has 2 rings (SSSR count). The van der Waals surface area contributed by atoms with Crippen LogP contribution in [0.4, 0.5) is 0 Å². The first-order valence-corrected chi connectivity index (χ1v) is 8.08. The fourth-order valence-electron chi connectivity index (χ4n) is 2.73. The van der Waals surface area contributed by atoms with Crippen molar-refractivity contribution >= 4 is 29.9 Å². The first-order chi connectivity index (χ1) is 11.1. The largest absolute Gasteiger partial charge is 0.497 e. The van der Waals surface area contributed by atoms with Gasteiger partial charge in [0.1, 0.15) is 5.75 Å². The summed E-state index contributed by atoms with van der Waals surface area (Å²) in [4.78, 5) is 9.08. The number of hydrogen-bond acceptors (Lipinski definition) is 4. The molecular formula is C17H30IN5O. The third-order valence-corrected chi connectivity index (χ3v) is 4.30. The molecule has 1 saturated heterocycles. The Kier molecular flexibility index (Phi) is 9.38. The number of nitrogens with one attached hydrogen (secondary N) is 2. The van der Waals surface area contributed by atoms with E-state index in [0.29, 0.717) is 6.04 Å². The Bertz CT molecular complexity index is 525. The summed E-state index contributed by atoms with van der Waals surface area (Å²) < 4.78 is 5.25. The topological polar surface area (TPSA) is 52.1 Å². The van der Waals surface area contributed by atoms with Crippen LogP contribution in [0.15, 0.2) is 29.3 Å². The number of aliphatic imine (C=N–C) groups is 1. The number of hydrogen-bond donors (Lipinski definition) is 2. The summed E-state index contributed by atoms with van der Waals surface area (Å²) in [7, 11) is 7.85. The predicted octanol–water partition coefficient (Wildman–Crippen LogP) is 1.22. The fraction of sp³-hybridized carbons (Fsp3) is 0.588. The van der Waals surface area contributed by atoms with Gasteiger partial charge < -0.3 is 20.3 Å². The average Bonchev–Trinajstić information content (AvgIpc) is 2.58. The molecule has 1 aliphatic heterocycles. The van der Waals surface area contributed by atoms with E-state index in [-0.39, 0.29) is 24.0 Å². The van der Waals surface area contributed by atoms with Gasteiger partial charge in [-0.1, -0.05) is 12.1 Å². The molecule has 1 aliphatic rings. The van der Waals surface area contributed by atoms with E-state index in [4.69, 9.17) is 4.74 Å². The van der Waals surface area contributed by atoms with E-state index >= 15 is 0 Å². The summed E-state index contributed by atoms with van der Waals surface area (Å²) in [5.41, 5.74) is 1.17. The molecule has 0 saturated carbocycles. The smallest absolute Gasteiger partial charge is 0.191 e. The lowest BCUT2D eigenvalue weighted by Crippen LogP contribution is -2.55. The van der Waals surface area contributed by atoms with Crippen molar-refractivity contribution < 1.29 is 4.74 Å². The van der Waals surface area contributed by atoms with Crippen LogP contribution in [0, 0.1) is 0 Å². The maximum absolute atomic E-state index is 5.25. The molecule has 24 heavy (non-hydrogen) atoms. The van der Waals surface area contributed by atoms with Crippen LogP contribution in [-0.4, -0.2) is 76.2 Å². The van der Waals surface area contributed by atoms with Crippen molar-refractivity contribution in [3.8, 4) is 5.75 Å². The molecule has 1 unspecified atom stereocenters. The summed E-state index contributed by atoms with van der Waals surface area (Å²) in [6.07, 6.45) is 0. The monoisotopic (exact) mass is 447 g/mol. The number of halogens is 1. The molecule has 0 spiro atoms. The molecule has 1 aromatic rings. The number of methoxy groups -OCH3 is 1. The molecule has 0 amide bonds. The standard InChI is InChI=1S/C17H29N5O.HI/c1-18-17(19-11-14-6-5-7-16(10-14)23-4)20-12-15-13-21(2)8-9-22(15)3;/h5-7,10,15H,8-9,11-13H2,1-4H3,(H2,18,19,20);1H. The van der Waals surface area contributed by atoms with Crippen LogP contribution in [0.2, 0.25) is 0 Å². The van der Waals surface area contributed by atoms with E-state index in [1.54, 1.807) is 14.2 Å². The zero-order valence-electron chi connectivity index (χ0n) is 15.1. The molecule has 0 bridgehead atoms. The van der Waals surface area contributed by atoms with Crippen LogP contribution in [0.3, 0.4) is 0 Å².